The third-order valence-corrected chi connectivity index (χ3v) is 2.50. The largest absolute Gasteiger partial charge is 0.465 e. The molecule has 1 aromatic carbocycles. The number of hydrogen-bond donors (Lipinski definition) is 2. The van der Waals surface area contributed by atoms with Crippen molar-refractivity contribution in [3.05, 3.63) is 29.8 Å². The number of hydrogen-bond acceptors (Lipinski definition) is 4. The molecule has 0 aliphatic rings. The van der Waals surface area contributed by atoms with Gasteiger partial charge in [-0.05, 0) is 38.5 Å². The number of ether oxygens (including phenoxy) is 1. The Labute approximate surface area is 102 Å². The SMILES string of the molecule is COC(=O)c1cccc(NC(C)(C)CCO)c1. The summed E-state index contributed by atoms with van der Waals surface area (Å²) in [5.74, 6) is -0.353. The molecule has 17 heavy (non-hydrogen) atoms. The van der Waals surface area contributed by atoms with Gasteiger partial charge in [-0.25, -0.2) is 4.79 Å². The van der Waals surface area contributed by atoms with E-state index in [1.165, 1.54) is 7.11 Å². The fourth-order valence-corrected chi connectivity index (χ4v) is 1.57. The number of aliphatic hydroxyl groups is 1. The van der Waals surface area contributed by atoms with Crippen molar-refractivity contribution in [1.82, 2.24) is 0 Å². The second-order valence-electron chi connectivity index (χ2n) is 4.55. The predicted molar refractivity (Wildman–Crippen MR) is 67.2 cm³/mol. The molecule has 0 bridgehead atoms. The second-order valence-corrected chi connectivity index (χ2v) is 4.55. The number of esters is 1. The number of rotatable bonds is 5. The Kier molecular flexibility index (Phi) is 4.52. The van der Waals surface area contributed by atoms with Crippen LogP contribution in [0.3, 0.4) is 0 Å². The van der Waals surface area contributed by atoms with Gasteiger partial charge in [0, 0.05) is 17.8 Å². The maximum absolute atomic E-state index is 11.4. The average Bonchev–Trinajstić information content (AvgIpc) is 2.27. The van der Waals surface area contributed by atoms with Crippen molar-refractivity contribution in [2.75, 3.05) is 19.0 Å². The molecule has 0 aliphatic carbocycles. The minimum Gasteiger partial charge on any atom is -0.465 e. The van der Waals surface area contributed by atoms with E-state index < -0.39 is 0 Å². The maximum atomic E-state index is 11.4. The Hall–Kier alpha value is -1.55. The van der Waals surface area contributed by atoms with Crippen LogP contribution in [-0.2, 0) is 4.74 Å². The van der Waals surface area contributed by atoms with Crippen LogP contribution in [0.4, 0.5) is 5.69 Å². The molecule has 0 saturated carbocycles. The lowest BCUT2D eigenvalue weighted by Crippen LogP contribution is -2.31. The van der Waals surface area contributed by atoms with Crippen LogP contribution in [0.25, 0.3) is 0 Å². The highest BCUT2D eigenvalue weighted by Gasteiger charge is 2.17. The molecule has 0 unspecified atom stereocenters. The summed E-state index contributed by atoms with van der Waals surface area (Å²) in [7, 11) is 1.36. The van der Waals surface area contributed by atoms with Gasteiger partial charge in [-0.2, -0.15) is 0 Å². The summed E-state index contributed by atoms with van der Waals surface area (Å²) in [5, 5.41) is 12.2. The van der Waals surface area contributed by atoms with Crippen molar-refractivity contribution in [2.45, 2.75) is 25.8 Å². The number of carbonyl (C=O) groups excluding carboxylic acids is 1. The Bertz CT molecular complexity index is 388. The molecule has 1 aromatic rings. The van der Waals surface area contributed by atoms with Crippen molar-refractivity contribution in [2.24, 2.45) is 0 Å². The summed E-state index contributed by atoms with van der Waals surface area (Å²) in [6.45, 7) is 4.11. The van der Waals surface area contributed by atoms with Crippen LogP contribution in [0.15, 0.2) is 24.3 Å². The minimum atomic E-state index is -0.353. The van der Waals surface area contributed by atoms with Gasteiger partial charge in [-0.3, -0.25) is 0 Å². The summed E-state index contributed by atoms with van der Waals surface area (Å²) >= 11 is 0. The molecule has 0 fully saturated rings. The summed E-state index contributed by atoms with van der Waals surface area (Å²) in [5.41, 5.74) is 1.13. The van der Waals surface area contributed by atoms with Crippen molar-refractivity contribution in [3.8, 4) is 0 Å². The van der Waals surface area contributed by atoms with Gasteiger partial charge in [0.1, 0.15) is 0 Å². The van der Waals surface area contributed by atoms with E-state index in [0.29, 0.717) is 12.0 Å². The van der Waals surface area contributed by atoms with E-state index in [-0.39, 0.29) is 18.1 Å². The van der Waals surface area contributed by atoms with Gasteiger partial charge < -0.3 is 15.2 Å². The topological polar surface area (TPSA) is 58.6 Å². The van der Waals surface area contributed by atoms with Gasteiger partial charge in [0.2, 0.25) is 0 Å². The molecular formula is C13H19NO3. The molecular weight excluding hydrogens is 218 g/mol. The van der Waals surface area contributed by atoms with Crippen molar-refractivity contribution in [3.63, 3.8) is 0 Å². The van der Waals surface area contributed by atoms with Crippen LogP contribution in [0.1, 0.15) is 30.6 Å². The van der Waals surface area contributed by atoms with Crippen LogP contribution in [-0.4, -0.2) is 30.3 Å². The van der Waals surface area contributed by atoms with Gasteiger partial charge in [-0.15, -0.1) is 0 Å². The molecule has 1 rings (SSSR count). The lowest BCUT2D eigenvalue weighted by Gasteiger charge is -2.26. The minimum absolute atomic E-state index is 0.122. The quantitative estimate of drug-likeness (QED) is 0.769. The number of benzene rings is 1. The van der Waals surface area contributed by atoms with Crippen molar-refractivity contribution in [1.29, 1.82) is 0 Å². The summed E-state index contributed by atoms with van der Waals surface area (Å²) < 4.78 is 4.66. The third kappa shape index (κ3) is 4.07. The van der Waals surface area contributed by atoms with Crippen LogP contribution in [0, 0.1) is 0 Å². The van der Waals surface area contributed by atoms with E-state index in [2.05, 4.69) is 10.1 Å². The van der Waals surface area contributed by atoms with E-state index in [4.69, 9.17) is 5.11 Å². The number of aliphatic hydroxyl groups excluding tert-OH is 1. The summed E-state index contributed by atoms with van der Waals surface area (Å²) in [4.78, 5) is 11.4. The average molecular weight is 237 g/mol. The van der Waals surface area contributed by atoms with Crippen molar-refractivity contribution >= 4 is 11.7 Å². The van der Waals surface area contributed by atoms with Gasteiger partial charge in [0.25, 0.3) is 0 Å². The fourth-order valence-electron chi connectivity index (χ4n) is 1.57. The van der Waals surface area contributed by atoms with Crippen LogP contribution in [0.5, 0.6) is 0 Å². The van der Waals surface area contributed by atoms with Gasteiger partial charge in [0.05, 0.1) is 12.7 Å². The first kappa shape index (κ1) is 13.5. The van der Waals surface area contributed by atoms with E-state index in [1.807, 2.05) is 19.9 Å². The van der Waals surface area contributed by atoms with E-state index >= 15 is 0 Å². The highest BCUT2D eigenvalue weighted by molar-refractivity contribution is 5.90. The fraction of sp³-hybridized carbons (Fsp3) is 0.462. The molecule has 4 heteroatoms. The van der Waals surface area contributed by atoms with Crippen molar-refractivity contribution < 1.29 is 14.6 Å². The summed E-state index contributed by atoms with van der Waals surface area (Å²) in [6, 6.07) is 7.12. The lowest BCUT2D eigenvalue weighted by molar-refractivity contribution is 0.0600. The van der Waals surface area contributed by atoms with Crippen LogP contribution in [0.2, 0.25) is 0 Å². The number of methoxy groups -OCH3 is 1. The highest BCUT2D eigenvalue weighted by Crippen LogP contribution is 2.19. The standard InChI is InChI=1S/C13H19NO3/c1-13(2,7-8-15)14-11-6-4-5-10(9-11)12(16)17-3/h4-6,9,14-15H,7-8H2,1-3H3. The highest BCUT2D eigenvalue weighted by atomic mass is 16.5. The van der Waals surface area contributed by atoms with E-state index in [9.17, 15) is 4.79 Å². The zero-order valence-electron chi connectivity index (χ0n) is 10.5. The Balaban J connectivity index is 2.82. The normalized spacial score (nSPS) is 11.1. The third-order valence-electron chi connectivity index (χ3n) is 2.50. The molecule has 0 atom stereocenters. The Morgan fingerprint density at radius 2 is 2.18 bits per heavy atom. The Morgan fingerprint density at radius 3 is 2.76 bits per heavy atom. The number of anilines is 1. The molecule has 0 spiro atoms. The molecule has 0 saturated heterocycles. The predicted octanol–water partition coefficient (Wildman–Crippen LogP) is 2.05. The maximum Gasteiger partial charge on any atom is 0.337 e. The van der Waals surface area contributed by atoms with E-state index in [0.717, 1.165) is 5.69 Å². The first-order valence-corrected chi connectivity index (χ1v) is 5.56. The molecule has 0 amide bonds. The Morgan fingerprint density at radius 1 is 1.47 bits per heavy atom. The first-order chi connectivity index (χ1) is 7.98. The summed E-state index contributed by atoms with van der Waals surface area (Å²) in [6.07, 6.45) is 0.634. The molecule has 94 valence electrons. The zero-order valence-corrected chi connectivity index (χ0v) is 10.5. The van der Waals surface area contributed by atoms with Gasteiger partial charge in [0.15, 0.2) is 0 Å². The molecule has 4 nitrogen and oxygen atoms in total. The first-order valence-electron chi connectivity index (χ1n) is 5.56. The van der Waals surface area contributed by atoms with E-state index in [1.54, 1.807) is 18.2 Å². The van der Waals surface area contributed by atoms with Gasteiger partial charge in [-0.1, -0.05) is 6.07 Å². The van der Waals surface area contributed by atoms with Gasteiger partial charge >= 0.3 is 5.97 Å². The van der Waals surface area contributed by atoms with Crippen LogP contribution >= 0.6 is 0 Å². The molecule has 0 aliphatic heterocycles. The molecule has 0 aromatic heterocycles. The van der Waals surface area contributed by atoms with Crippen LogP contribution < -0.4 is 5.32 Å². The molecule has 0 radical (unpaired) electrons. The second kappa shape index (κ2) is 5.68. The lowest BCUT2D eigenvalue weighted by atomic mass is 10.0. The molecule has 2 N–H and O–H groups in total. The number of carbonyl (C=O) groups is 1. The smallest absolute Gasteiger partial charge is 0.337 e. The molecule has 0 heterocycles. The zero-order chi connectivity index (χ0) is 12.9. The monoisotopic (exact) mass is 237 g/mol. The number of nitrogens with one attached hydrogen (secondary N) is 1.